The lowest BCUT2D eigenvalue weighted by molar-refractivity contribution is -0.117. The van der Waals surface area contributed by atoms with Crippen LogP contribution in [0.25, 0.3) is 0 Å². The third-order valence-electron chi connectivity index (χ3n) is 5.67. The molecular formula is C25H26Cl2N4O. The summed E-state index contributed by atoms with van der Waals surface area (Å²) in [5, 5.41) is 1.06. The molecule has 7 heteroatoms. The fraction of sp³-hybridized carbons (Fsp3) is 0.320. The third-order valence-corrected chi connectivity index (χ3v) is 6.11. The normalized spacial score (nSPS) is 14.5. The van der Waals surface area contributed by atoms with Crippen LogP contribution in [0.4, 0.5) is 5.69 Å². The number of benzene rings is 2. The van der Waals surface area contributed by atoms with Gasteiger partial charge in [-0.3, -0.25) is 4.79 Å². The number of carbonyl (C=O) groups excluding carboxylic acids is 1. The van der Waals surface area contributed by atoms with Gasteiger partial charge >= 0.3 is 0 Å². The number of halogens is 2. The maximum Gasteiger partial charge on any atom is 0.143 e. The van der Waals surface area contributed by atoms with E-state index in [9.17, 15) is 4.79 Å². The summed E-state index contributed by atoms with van der Waals surface area (Å²) in [5.74, 6) is 0.0597. The molecule has 1 aliphatic heterocycles. The molecule has 0 unspecified atom stereocenters. The zero-order valence-electron chi connectivity index (χ0n) is 18.1. The van der Waals surface area contributed by atoms with E-state index in [0.29, 0.717) is 16.5 Å². The van der Waals surface area contributed by atoms with Gasteiger partial charge in [0.05, 0.1) is 5.69 Å². The summed E-state index contributed by atoms with van der Waals surface area (Å²) in [4.78, 5) is 26.0. The summed E-state index contributed by atoms with van der Waals surface area (Å²) in [5.41, 5.74) is 4.88. The van der Waals surface area contributed by atoms with Crippen molar-refractivity contribution in [2.75, 3.05) is 38.1 Å². The predicted octanol–water partition coefficient (Wildman–Crippen LogP) is 4.48. The Balaban J connectivity index is 1.36. The topological polar surface area (TPSA) is 49.3 Å². The van der Waals surface area contributed by atoms with Crippen LogP contribution in [0.1, 0.15) is 22.5 Å². The number of rotatable bonds is 7. The maximum absolute atomic E-state index is 12.5. The molecule has 4 rings (SSSR count). The molecule has 1 aliphatic rings. The van der Waals surface area contributed by atoms with E-state index in [1.54, 1.807) is 18.2 Å². The molecule has 0 radical (unpaired) electrons. The number of carbonyl (C=O) groups is 1. The predicted molar refractivity (Wildman–Crippen MR) is 130 cm³/mol. The first-order valence-electron chi connectivity index (χ1n) is 10.7. The first-order chi connectivity index (χ1) is 15.4. The first-order valence-corrected chi connectivity index (χ1v) is 11.5. The van der Waals surface area contributed by atoms with Crippen LogP contribution in [0.2, 0.25) is 10.0 Å². The van der Waals surface area contributed by atoms with Gasteiger partial charge in [0.25, 0.3) is 0 Å². The van der Waals surface area contributed by atoms with Crippen molar-refractivity contribution >= 4 is 34.7 Å². The van der Waals surface area contributed by atoms with Crippen LogP contribution in [0.5, 0.6) is 0 Å². The second-order valence-corrected chi connectivity index (χ2v) is 9.18. The molecule has 3 aromatic rings. The summed E-state index contributed by atoms with van der Waals surface area (Å²) in [7, 11) is 2.16. The van der Waals surface area contributed by atoms with Crippen LogP contribution in [0, 0.1) is 0 Å². The van der Waals surface area contributed by atoms with Crippen molar-refractivity contribution in [2.24, 2.45) is 0 Å². The van der Waals surface area contributed by atoms with E-state index in [4.69, 9.17) is 23.2 Å². The molecule has 0 amide bonds. The molecule has 5 nitrogen and oxygen atoms in total. The van der Waals surface area contributed by atoms with E-state index in [1.807, 2.05) is 6.07 Å². The van der Waals surface area contributed by atoms with Crippen LogP contribution in [-0.2, 0) is 24.1 Å². The number of nitrogens with zero attached hydrogens (tertiary/aromatic N) is 4. The highest BCUT2D eigenvalue weighted by atomic mass is 35.5. The number of likely N-dealkylation sites (N-methyl/N-ethyl adjacent to an activating group) is 1. The van der Waals surface area contributed by atoms with Crippen molar-refractivity contribution in [3.63, 3.8) is 0 Å². The largest absolute Gasteiger partial charge is 0.369 e. The second kappa shape index (κ2) is 10.4. The van der Waals surface area contributed by atoms with Crippen LogP contribution < -0.4 is 4.90 Å². The number of Topliss-reactive ketones (excluding diaryl/α,β-unsaturated/α-hetero) is 1. The Labute approximate surface area is 199 Å². The number of hydrogen-bond acceptors (Lipinski definition) is 5. The maximum atomic E-state index is 12.5. The van der Waals surface area contributed by atoms with Crippen molar-refractivity contribution in [1.29, 1.82) is 0 Å². The molecule has 2 heterocycles. The summed E-state index contributed by atoms with van der Waals surface area (Å²) < 4.78 is 0. The molecular weight excluding hydrogens is 443 g/mol. The van der Waals surface area contributed by atoms with Crippen molar-refractivity contribution in [3.05, 3.63) is 87.4 Å². The number of hydrogen-bond donors (Lipinski definition) is 0. The summed E-state index contributed by atoms with van der Waals surface area (Å²) in [6.45, 7) is 4.30. The van der Waals surface area contributed by atoms with Gasteiger partial charge in [-0.25, -0.2) is 9.97 Å². The molecule has 0 aliphatic carbocycles. The Morgan fingerprint density at radius 2 is 1.50 bits per heavy atom. The van der Waals surface area contributed by atoms with E-state index < -0.39 is 0 Å². The van der Waals surface area contributed by atoms with Crippen LogP contribution in [0.3, 0.4) is 0 Å². The minimum Gasteiger partial charge on any atom is -0.369 e. The number of piperazine rings is 1. The lowest BCUT2D eigenvalue weighted by Gasteiger charge is -2.34. The Kier molecular flexibility index (Phi) is 7.40. The fourth-order valence-corrected chi connectivity index (χ4v) is 4.51. The number of aromatic nitrogens is 2. The summed E-state index contributed by atoms with van der Waals surface area (Å²) in [6, 6.07) is 15.8. The summed E-state index contributed by atoms with van der Waals surface area (Å²) >= 11 is 12.1. The first kappa shape index (κ1) is 22.7. The van der Waals surface area contributed by atoms with Gasteiger partial charge in [-0.2, -0.15) is 0 Å². The van der Waals surface area contributed by atoms with Crippen molar-refractivity contribution < 1.29 is 4.79 Å². The van der Waals surface area contributed by atoms with Crippen molar-refractivity contribution in [2.45, 2.75) is 19.3 Å². The zero-order valence-corrected chi connectivity index (χ0v) is 19.6. The molecule has 32 heavy (non-hydrogen) atoms. The Hall–Kier alpha value is -2.47. The zero-order chi connectivity index (χ0) is 22.5. The molecule has 1 fully saturated rings. The highest BCUT2D eigenvalue weighted by Gasteiger charge is 2.14. The van der Waals surface area contributed by atoms with Gasteiger partial charge < -0.3 is 9.80 Å². The molecule has 0 bridgehead atoms. The van der Waals surface area contributed by atoms with Gasteiger partial charge in [0, 0.05) is 66.9 Å². The average Bonchev–Trinajstić information content (AvgIpc) is 2.74. The Morgan fingerprint density at radius 3 is 2.19 bits per heavy atom. The Bertz CT molecular complexity index is 1060. The molecule has 0 N–H and O–H groups in total. The van der Waals surface area contributed by atoms with E-state index >= 15 is 0 Å². The van der Waals surface area contributed by atoms with Crippen LogP contribution in [0.15, 0.2) is 54.9 Å². The highest BCUT2D eigenvalue weighted by Crippen LogP contribution is 2.21. The molecule has 2 aromatic carbocycles. The van der Waals surface area contributed by atoms with Gasteiger partial charge in [0.1, 0.15) is 12.1 Å². The molecule has 0 saturated carbocycles. The number of anilines is 1. The second-order valence-electron chi connectivity index (χ2n) is 8.30. The van der Waals surface area contributed by atoms with E-state index in [2.05, 4.69) is 51.1 Å². The van der Waals surface area contributed by atoms with Gasteiger partial charge in [0.2, 0.25) is 0 Å². The fourth-order valence-electron chi connectivity index (χ4n) is 3.94. The number of ketones is 1. The van der Waals surface area contributed by atoms with Gasteiger partial charge in [-0.05, 0) is 54.6 Å². The van der Waals surface area contributed by atoms with Crippen LogP contribution >= 0.6 is 23.2 Å². The standard InChI is InChI=1S/C25H26Cl2N4O/c1-30-6-8-31(9-7-30)24-4-2-18(3-5-24)12-22-15-23(29-17-28-22)16-25(32)13-19-10-20(26)14-21(27)11-19/h2-5,10-11,14-15,17H,6-9,12-13,16H2,1H3. The van der Waals surface area contributed by atoms with E-state index in [-0.39, 0.29) is 18.6 Å². The highest BCUT2D eigenvalue weighted by molar-refractivity contribution is 6.34. The smallest absolute Gasteiger partial charge is 0.143 e. The molecule has 166 valence electrons. The monoisotopic (exact) mass is 468 g/mol. The third kappa shape index (κ3) is 6.28. The van der Waals surface area contributed by atoms with Gasteiger partial charge in [-0.15, -0.1) is 0 Å². The Morgan fingerprint density at radius 1 is 0.844 bits per heavy atom. The quantitative estimate of drug-likeness (QED) is 0.511. The van der Waals surface area contributed by atoms with Gasteiger partial charge in [0.15, 0.2) is 0 Å². The van der Waals surface area contributed by atoms with E-state index in [0.717, 1.165) is 43.1 Å². The summed E-state index contributed by atoms with van der Waals surface area (Å²) in [6.07, 6.45) is 2.76. The molecule has 1 saturated heterocycles. The molecule has 0 spiro atoms. The lowest BCUT2D eigenvalue weighted by Crippen LogP contribution is -2.44. The minimum absolute atomic E-state index is 0.0597. The van der Waals surface area contributed by atoms with Crippen LogP contribution in [-0.4, -0.2) is 53.9 Å². The SMILES string of the molecule is CN1CCN(c2ccc(Cc3cc(CC(=O)Cc4cc(Cl)cc(Cl)c4)ncn3)cc2)CC1. The molecule has 0 atom stereocenters. The average molecular weight is 469 g/mol. The molecule has 1 aromatic heterocycles. The van der Waals surface area contributed by atoms with Crippen molar-refractivity contribution in [1.82, 2.24) is 14.9 Å². The van der Waals surface area contributed by atoms with Crippen molar-refractivity contribution in [3.8, 4) is 0 Å². The van der Waals surface area contributed by atoms with E-state index in [1.165, 1.54) is 17.6 Å². The minimum atomic E-state index is 0.0597. The van der Waals surface area contributed by atoms with Gasteiger partial charge in [-0.1, -0.05) is 35.3 Å². The lowest BCUT2D eigenvalue weighted by atomic mass is 10.0.